The Balaban J connectivity index is 2.36. The van der Waals surface area contributed by atoms with Gasteiger partial charge in [-0.05, 0) is 24.6 Å². The van der Waals surface area contributed by atoms with Gasteiger partial charge >= 0.3 is 0 Å². The second kappa shape index (κ2) is 5.58. The van der Waals surface area contributed by atoms with Crippen LogP contribution in [0.5, 0.6) is 0 Å². The van der Waals surface area contributed by atoms with Crippen molar-refractivity contribution in [3.05, 3.63) is 50.1 Å². The summed E-state index contributed by atoms with van der Waals surface area (Å²) in [5, 5.41) is 10.7. The van der Waals surface area contributed by atoms with E-state index in [-0.39, 0.29) is 14.2 Å². The lowest BCUT2D eigenvalue weighted by Crippen LogP contribution is -2.11. The Bertz CT molecular complexity index is 820. The second-order valence-electron chi connectivity index (χ2n) is 4.05. The van der Waals surface area contributed by atoms with Crippen molar-refractivity contribution < 1.29 is 17.7 Å². The van der Waals surface area contributed by atoms with Crippen molar-refractivity contribution >= 4 is 44.3 Å². The fourth-order valence-electron chi connectivity index (χ4n) is 1.46. The Morgan fingerprint density at radius 3 is 2.57 bits per heavy atom. The highest BCUT2D eigenvalue weighted by molar-refractivity contribution is 7.94. The molecule has 0 radical (unpaired) electrons. The van der Waals surface area contributed by atoms with E-state index >= 15 is 0 Å². The predicted molar refractivity (Wildman–Crippen MR) is 77.9 cm³/mol. The van der Waals surface area contributed by atoms with Crippen LogP contribution < -0.4 is 4.72 Å². The number of aryl methyl sites for hydroxylation is 1. The van der Waals surface area contributed by atoms with Crippen LogP contribution in [-0.2, 0) is 10.0 Å². The summed E-state index contributed by atoms with van der Waals surface area (Å²) in [6.07, 6.45) is 0. The molecule has 0 fully saturated rings. The fourth-order valence-corrected chi connectivity index (χ4v) is 4.17. The first-order valence-corrected chi connectivity index (χ1v) is 8.11. The Hall–Kier alpha value is -1.71. The highest BCUT2D eigenvalue weighted by Gasteiger charge is 2.25. The summed E-state index contributed by atoms with van der Waals surface area (Å²) in [5.41, 5.74) is -0.102. The van der Waals surface area contributed by atoms with Crippen LogP contribution >= 0.6 is 22.9 Å². The van der Waals surface area contributed by atoms with Crippen molar-refractivity contribution in [2.75, 3.05) is 4.72 Å². The van der Waals surface area contributed by atoms with Crippen molar-refractivity contribution in [3.63, 3.8) is 0 Å². The van der Waals surface area contributed by atoms with Crippen molar-refractivity contribution in [2.45, 2.75) is 11.1 Å². The third-order valence-corrected chi connectivity index (χ3v) is 5.72. The largest absolute Gasteiger partial charge is 0.300 e. The molecule has 0 atom stereocenters. The summed E-state index contributed by atoms with van der Waals surface area (Å²) in [5.74, 6) is -0.564. The number of anilines is 1. The highest BCUT2D eigenvalue weighted by atomic mass is 35.5. The van der Waals surface area contributed by atoms with Gasteiger partial charge in [0.05, 0.1) is 10.6 Å². The highest BCUT2D eigenvalue weighted by Crippen LogP contribution is 2.36. The maximum absolute atomic E-state index is 13.4. The van der Waals surface area contributed by atoms with Crippen molar-refractivity contribution in [1.29, 1.82) is 0 Å². The molecule has 0 unspecified atom stereocenters. The third kappa shape index (κ3) is 3.31. The number of benzene rings is 1. The summed E-state index contributed by atoms with van der Waals surface area (Å²) in [7, 11) is -4.07. The number of rotatable bonds is 4. The quantitative estimate of drug-likeness (QED) is 0.674. The molecule has 1 aromatic carbocycles. The van der Waals surface area contributed by atoms with Crippen LogP contribution in [0, 0.1) is 22.9 Å². The molecule has 0 aliphatic carbocycles. The van der Waals surface area contributed by atoms with E-state index in [1.807, 2.05) is 0 Å². The van der Waals surface area contributed by atoms with Gasteiger partial charge in [-0.25, -0.2) is 12.8 Å². The lowest BCUT2D eigenvalue weighted by atomic mass is 10.2. The molecule has 6 nitrogen and oxygen atoms in total. The molecule has 0 amide bonds. The molecule has 1 aromatic heterocycles. The average Bonchev–Trinajstić information content (AvgIpc) is 2.77. The van der Waals surface area contributed by atoms with Crippen molar-refractivity contribution in [3.8, 4) is 0 Å². The Morgan fingerprint density at radius 1 is 1.38 bits per heavy atom. The third-order valence-electron chi connectivity index (χ3n) is 2.53. The Kier molecular flexibility index (Phi) is 4.17. The molecule has 2 aromatic rings. The van der Waals surface area contributed by atoms with Crippen LogP contribution in [0.25, 0.3) is 0 Å². The molecule has 0 aliphatic heterocycles. The van der Waals surface area contributed by atoms with Crippen molar-refractivity contribution in [1.82, 2.24) is 0 Å². The molecule has 0 saturated carbocycles. The average molecular weight is 351 g/mol. The van der Waals surface area contributed by atoms with Crippen molar-refractivity contribution in [2.24, 2.45) is 0 Å². The molecule has 0 saturated heterocycles. The van der Waals surface area contributed by atoms with E-state index in [0.29, 0.717) is 16.9 Å². The zero-order valence-electron chi connectivity index (χ0n) is 10.5. The molecule has 1 heterocycles. The second-order valence-corrected chi connectivity index (χ2v) is 7.61. The number of nitro groups is 1. The van der Waals surface area contributed by atoms with Crippen LogP contribution in [0.1, 0.15) is 5.56 Å². The summed E-state index contributed by atoms with van der Waals surface area (Å²) in [6.45, 7) is 1.54. The molecule has 21 heavy (non-hydrogen) atoms. The van der Waals surface area contributed by atoms with Gasteiger partial charge in [0.15, 0.2) is 4.34 Å². The van der Waals surface area contributed by atoms with Gasteiger partial charge in [-0.2, -0.15) is 0 Å². The van der Waals surface area contributed by atoms with Crippen LogP contribution in [-0.4, -0.2) is 13.3 Å². The molecule has 0 aliphatic rings. The number of thiophene rings is 1. The van der Waals surface area contributed by atoms with E-state index in [2.05, 4.69) is 4.72 Å². The van der Waals surface area contributed by atoms with Gasteiger partial charge in [0.2, 0.25) is 0 Å². The predicted octanol–water partition coefficient (Wildman–Crippen LogP) is 3.56. The van der Waals surface area contributed by atoms with E-state index in [1.165, 1.54) is 19.1 Å². The van der Waals surface area contributed by atoms with Gasteiger partial charge in [-0.3, -0.25) is 14.8 Å². The standard InChI is InChI=1S/C11H8ClFN2O4S2/c1-6-2-3-7(4-8(6)13)14-21(18,19)10-5-9(15(16)17)11(12)20-10/h2-5,14H,1H3. The Labute approximate surface area is 128 Å². The first kappa shape index (κ1) is 15.7. The van der Waals surface area contributed by atoms with E-state index < -0.39 is 26.5 Å². The normalized spacial score (nSPS) is 11.4. The SMILES string of the molecule is Cc1ccc(NS(=O)(=O)c2cc([N+](=O)[O-])c(Cl)s2)cc1F. The molecular weight excluding hydrogens is 343 g/mol. The van der Waals surface area contributed by atoms with E-state index in [1.54, 1.807) is 0 Å². The minimum atomic E-state index is -4.07. The van der Waals surface area contributed by atoms with E-state index in [0.717, 1.165) is 12.1 Å². The van der Waals surface area contributed by atoms with E-state index in [4.69, 9.17) is 11.6 Å². The lowest BCUT2D eigenvalue weighted by Gasteiger charge is -2.06. The summed E-state index contributed by atoms with van der Waals surface area (Å²) in [6, 6.07) is 4.69. The van der Waals surface area contributed by atoms with Gasteiger partial charge in [-0.1, -0.05) is 17.7 Å². The minimum Gasteiger partial charge on any atom is -0.279 e. The maximum atomic E-state index is 13.4. The summed E-state index contributed by atoms with van der Waals surface area (Å²) < 4.78 is 39.1. The molecule has 1 N–H and O–H groups in total. The monoisotopic (exact) mass is 350 g/mol. The van der Waals surface area contributed by atoms with Gasteiger partial charge in [0, 0.05) is 6.07 Å². The van der Waals surface area contributed by atoms with Gasteiger partial charge < -0.3 is 0 Å². The molecule has 0 spiro atoms. The number of halogens is 2. The molecule has 2 rings (SSSR count). The smallest absolute Gasteiger partial charge is 0.279 e. The Morgan fingerprint density at radius 2 is 2.05 bits per heavy atom. The fraction of sp³-hybridized carbons (Fsp3) is 0.0909. The van der Waals surface area contributed by atoms with E-state index in [9.17, 15) is 22.9 Å². The zero-order chi connectivity index (χ0) is 15.8. The zero-order valence-corrected chi connectivity index (χ0v) is 12.9. The van der Waals surface area contributed by atoms with Crippen LogP contribution in [0.2, 0.25) is 4.34 Å². The maximum Gasteiger partial charge on any atom is 0.300 e. The topological polar surface area (TPSA) is 89.3 Å². The minimum absolute atomic E-state index is 0.0188. The number of sulfonamides is 1. The van der Waals surface area contributed by atoms with Gasteiger partial charge in [-0.15, -0.1) is 11.3 Å². The number of hydrogen-bond acceptors (Lipinski definition) is 5. The van der Waals surface area contributed by atoms with Crippen LogP contribution in [0.4, 0.5) is 15.8 Å². The van der Waals surface area contributed by atoms with Gasteiger partial charge in [0.25, 0.3) is 15.7 Å². The molecule has 112 valence electrons. The first-order valence-electron chi connectivity index (χ1n) is 5.43. The summed E-state index contributed by atoms with van der Waals surface area (Å²) in [4.78, 5) is 9.89. The molecular formula is C11H8ClFN2O4S2. The number of nitrogens with zero attached hydrogens (tertiary/aromatic N) is 1. The molecule has 10 heteroatoms. The lowest BCUT2D eigenvalue weighted by molar-refractivity contribution is -0.384. The van der Waals surface area contributed by atoms with Crippen LogP contribution in [0.15, 0.2) is 28.5 Å². The number of nitrogens with one attached hydrogen (secondary N) is 1. The van der Waals surface area contributed by atoms with Crippen LogP contribution in [0.3, 0.4) is 0 Å². The summed E-state index contributed by atoms with van der Waals surface area (Å²) >= 11 is 6.18. The number of hydrogen-bond donors (Lipinski definition) is 1. The first-order chi connectivity index (χ1) is 9.70. The molecule has 0 bridgehead atoms. The van der Waals surface area contributed by atoms with Gasteiger partial charge in [0.1, 0.15) is 10.0 Å².